The molecule has 4 bridgehead atoms. The molecule has 39 heavy (non-hydrogen) atoms. The number of esters is 2. The second-order valence-electron chi connectivity index (χ2n) is 11.8. The molecule has 0 aliphatic heterocycles. The van der Waals surface area contributed by atoms with Gasteiger partial charge < -0.3 is 14.6 Å². The van der Waals surface area contributed by atoms with E-state index in [4.69, 9.17) is 9.47 Å². The standard InChI is InChI=1S/C28H30I2O8S/c1-14(2)19-8-22(15(3)4-23(19)39(34,35)36)37-26(33)27-9-16-5-17(10-27)12-28(11-16,13-27)38-25(32)20-6-18(29)7-21(30)24(20)31/h4,6-8,14,16-17,31H,5,9-13H2,1-3H3,(H,34,35,36). The zero-order chi connectivity index (χ0) is 28.5. The van der Waals surface area contributed by atoms with Crippen LogP contribution in [0.5, 0.6) is 11.5 Å². The fourth-order valence-electron chi connectivity index (χ4n) is 7.18. The van der Waals surface area contributed by atoms with E-state index in [2.05, 4.69) is 22.6 Å². The number of rotatable bonds is 6. The number of halogens is 2. The molecular weight excluding hydrogens is 750 g/mol. The summed E-state index contributed by atoms with van der Waals surface area (Å²) in [5.41, 5.74) is -0.720. The van der Waals surface area contributed by atoms with Gasteiger partial charge in [-0.3, -0.25) is 9.35 Å². The van der Waals surface area contributed by atoms with Crippen LogP contribution in [0, 0.1) is 31.3 Å². The van der Waals surface area contributed by atoms with Crippen molar-refractivity contribution < 1.29 is 37.1 Å². The summed E-state index contributed by atoms with van der Waals surface area (Å²) in [6.07, 6.45) is 3.95. The molecular formula is C28H30I2O8S. The summed E-state index contributed by atoms with van der Waals surface area (Å²) in [7, 11) is -4.44. The van der Waals surface area contributed by atoms with Crippen LogP contribution in [0.25, 0.3) is 0 Å². The third-order valence-electron chi connectivity index (χ3n) is 8.41. The Hall–Kier alpha value is -1.45. The SMILES string of the molecule is Cc1cc(S(=O)(=O)O)c(C(C)C)cc1OC(=O)C12CC3CC(CC(OC(=O)c4cc(I)cc(I)c4O)(C3)C1)C2. The summed E-state index contributed by atoms with van der Waals surface area (Å²) in [5.74, 6) is -0.645. The summed E-state index contributed by atoms with van der Waals surface area (Å²) >= 11 is 4.08. The quantitative estimate of drug-likeness (QED) is 0.150. The van der Waals surface area contributed by atoms with Crippen molar-refractivity contribution in [1.29, 1.82) is 0 Å². The first-order chi connectivity index (χ1) is 18.1. The Kier molecular flexibility index (Phi) is 7.54. The van der Waals surface area contributed by atoms with Gasteiger partial charge in [0.2, 0.25) is 0 Å². The van der Waals surface area contributed by atoms with Gasteiger partial charge in [0.15, 0.2) is 0 Å². The number of carbonyl (C=O) groups excluding carboxylic acids is 2. The molecule has 4 saturated carbocycles. The fourth-order valence-corrected chi connectivity index (χ4v) is 9.94. The highest BCUT2D eigenvalue weighted by atomic mass is 127. The fraction of sp³-hybridized carbons (Fsp3) is 0.500. The van der Waals surface area contributed by atoms with E-state index in [9.17, 15) is 27.7 Å². The third kappa shape index (κ3) is 5.44. The van der Waals surface area contributed by atoms with E-state index >= 15 is 0 Å². The highest BCUT2D eigenvalue weighted by molar-refractivity contribution is 14.1. The Labute approximate surface area is 255 Å². The van der Waals surface area contributed by atoms with Crippen LogP contribution in [0.15, 0.2) is 29.2 Å². The lowest BCUT2D eigenvalue weighted by Gasteiger charge is -2.59. The maximum atomic E-state index is 13.9. The van der Waals surface area contributed by atoms with E-state index in [-0.39, 0.29) is 39.7 Å². The van der Waals surface area contributed by atoms with Gasteiger partial charge in [0.05, 0.1) is 13.9 Å². The summed E-state index contributed by atoms with van der Waals surface area (Å²) in [6.45, 7) is 5.24. The summed E-state index contributed by atoms with van der Waals surface area (Å²) in [5, 5.41) is 10.5. The largest absolute Gasteiger partial charge is 0.506 e. The van der Waals surface area contributed by atoms with E-state index in [1.165, 1.54) is 12.1 Å². The van der Waals surface area contributed by atoms with Crippen LogP contribution in [0.1, 0.15) is 79.8 Å². The number of phenolic OH excluding ortho intramolecular Hbond substituents is 1. The highest BCUT2D eigenvalue weighted by Gasteiger charge is 2.63. The van der Waals surface area contributed by atoms with Gasteiger partial charge in [0, 0.05) is 9.99 Å². The molecule has 0 aromatic heterocycles. The predicted molar refractivity (Wildman–Crippen MR) is 160 cm³/mol. The summed E-state index contributed by atoms with van der Waals surface area (Å²) in [6, 6.07) is 6.25. The molecule has 0 heterocycles. The Morgan fingerprint density at radius 3 is 2.28 bits per heavy atom. The third-order valence-corrected chi connectivity index (χ3v) is 10.8. The lowest BCUT2D eigenvalue weighted by molar-refractivity contribution is -0.189. The molecule has 2 aromatic carbocycles. The van der Waals surface area contributed by atoms with Gasteiger partial charge in [-0.2, -0.15) is 8.42 Å². The lowest BCUT2D eigenvalue weighted by Crippen LogP contribution is -2.60. The Balaban J connectivity index is 1.44. The van der Waals surface area contributed by atoms with Gasteiger partial charge >= 0.3 is 11.9 Å². The van der Waals surface area contributed by atoms with Crippen LogP contribution < -0.4 is 4.74 Å². The first-order valence-corrected chi connectivity index (χ1v) is 16.5. The maximum absolute atomic E-state index is 13.9. The van der Waals surface area contributed by atoms with Crippen molar-refractivity contribution in [2.24, 2.45) is 17.3 Å². The van der Waals surface area contributed by atoms with Crippen LogP contribution in [0.3, 0.4) is 0 Å². The maximum Gasteiger partial charge on any atom is 0.342 e. The van der Waals surface area contributed by atoms with Crippen molar-refractivity contribution in [2.75, 3.05) is 0 Å². The van der Waals surface area contributed by atoms with E-state index in [0.29, 0.717) is 46.8 Å². The number of hydrogen-bond acceptors (Lipinski definition) is 7. The molecule has 2 N–H and O–H groups in total. The number of benzene rings is 2. The normalized spacial score (nSPS) is 27.6. The molecule has 4 aliphatic rings. The van der Waals surface area contributed by atoms with Crippen molar-refractivity contribution in [3.05, 3.63) is 48.1 Å². The number of hydrogen-bond donors (Lipinski definition) is 2. The smallest absolute Gasteiger partial charge is 0.342 e. The molecule has 0 radical (unpaired) electrons. The minimum atomic E-state index is -4.44. The zero-order valence-electron chi connectivity index (χ0n) is 21.8. The van der Waals surface area contributed by atoms with Crippen LogP contribution in [0.2, 0.25) is 0 Å². The lowest BCUT2D eigenvalue weighted by atomic mass is 9.48. The Morgan fingerprint density at radius 1 is 1.05 bits per heavy atom. The average molecular weight is 780 g/mol. The first-order valence-electron chi connectivity index (χ1n) is 12.9. The van der Waals surface area contributed by atoms with E-state index in [0.717, 1.165) is 9.99 Å². The molecule has 0 amide bonds. The zero-order valence-corrected chi connectivity index (χ0v) is 26.9. The van der Waals surface area contributed by atoms with Crippen molar-refractivity contribution in [1.82, 2.24) is 0 Å². The van der Waals surface area contributed by atoms with Gasteiger partial charge in [0.25, 0.3) is 10.1 Å². The van der Waals surface area contributed by atoms with Gasteiger partial charge in [-0.1, -0.05) is 13.8 Å². The summed E-state index contributed by atoms with van der Waals surface area (Å²) < 4.78 is 47.1. The molecule has 8 nitrogen and oxygen atoms in total. The van der Waals surface area contributed by atoms with E-state index < -0.39 is 33.1 Å². The van der Waals surface area contributed by atoms with Gasteiger partial charge in [-0.25, -0.2) is 4.79 Å². The molecule has 4 fully saturated rings. The molecule has 11 heteroatoms. The number of aryl methyl sites for hydroxylation is 1. The monoisotopic (exact) mass is 780 g/mol. The Bertz CT molecular complexity index is 1470. The highest BCUT2D eigenvalue weighted by Crippen LogP contribution is 2.63. The molecule has 2 atom stereocenters. The second-order valence-corrected chi connectivity index (χ2v) is 15.6. The van der Waals surface area contributed by atoms with E-state index in [1.54, 1.807) is 32.9 Å². The van der Waals surface area contributed by atoms with E-state index in [1.807, 2.05) is 22.6 Å². The second kappa shape index (κ2) is 10.1. The van der Waals surface area contributed by atoms with Crippen molar-refractivity contribution >= 4 is 67.2 Å². The molecule has 4 aliphatic carbocycles. The number of phenols is 1. The van der Waals surface area contributed by atoms with Crippen LogP contribution >= 0.6 is 45.2 Å². The van der Waals surface area contributed by atoms with Crippen LogP contribution in [-0.2, 0) is 19.6 Å². The number of carbonyl (C=O) groups is 2. The topological polar surface area (TPSA) is 127 Å². The van der Waals surface area contributed by atoms with Gasteiger partial charge in [0.1, 0.15) is 22.7 Å². The van der Waals surface area contributed by atoms with Crippen molar-refractivity contribution in [3.8, 4) is 11.5 Å². The van der Waals surface area contributed by atoms with Gasteiger partial charge in [-0.15, -0.1) is 0 Å². The number of aromatic hydroxyl groups is 1. The Morgan fingerprint density at radius 2 is 1.69 bits per heavy atom. The average Bonchev–Trinajstić information content (AvgIpc) is 2.80. The van der Waals surface area contributed by atoms with Crippen LogP contribution in [0.4, 0.5) is 0 Å². The summed E-state index contributed by atoms with van der Waals surface area (Å²) in [4.78, 5) is 27.0. The molecule has 6 rings (SSSR count). The van der Waals surface area contributed by atoms with Crippen molar-refractivity contribution in [3.63, 3.8) is 0 Å². The molecule has 0 saturated heterocycles. The van der Waals surface area contributed by atoms with Crippen LogP contribution in [-0.4, -0.2) is 35.6 Å². The molecule has 2 aromatic rings. The van der Waals surface area contributed by atoms with Crippen molar-refractivity contribution in [2.45, 2.75) is 75.7 Å². The molecule has 2 unspecified atom stereocenters. The van der Waals surface area contributed by atoms with Gasteiger partial charge in [-0.05, 0) is 137 Å². The predicted octanol–water partition coefficient (Wildman–Crippen LogP) is 6.38. The minimum Gasteiger partial charge on any atom is -0.506 e. The molecule has 210 valence electrons. The molecule has 0 spiro atoms. The minimum absolute atomic E-state index is 0.107. The first kappa shape index (κ1) is 29.1. The number of ether oxygens (including phenoxy) is 2.